The minimum atomic E-state index is -1.09. The zero-order valence-corrected chi connectivity index (χ0v) is 7.19. The first kappa shape index (κ1) is 9.51. The molecule has 0 fully saturated rings. The molecule has 0 aliphatic carbocycles. The minimum absolute atomic E-state index is 0.291. The van der Waals surface area contributed by atoms with E-state index in [-0.39, 0.29) is 0 Å². The minimum Gasteiger partial charge on any atom is -0.481 e. The van der Waals surface area contributed by atoms with E-state index in [0.29, 0.717) is 12.0 Å². The standard InChI is InChI=1S/C9H10O4/c1-2-7(9(11)12)8(10)6-3-4-13-5-6/h3-5,7H,2H2,1H3,(H,11,12). The summed E-state index contributed by atoms with van der Waals surface area (Å²) in [6.45, 7) is 1.66. The van der Waals surface area contributed by atoms with Gasteiger partial charge in [0, 0.05) is 0 Å². The highest BCUT2D eigenvalue weighted by Gasteiger charge is 2.25. The van der Waals surface area contributed by atoms with Crippen molar-refractivity contribution in [1.82, 2.24) is 0 Å². The van der Waals surface area contributed by atoms with Gasteiger partial charge in [0.25, 0.3) is 0 Å². The summed E-state index contributed by atoms with van der Waals surface area (Å²) >= 11 is 0. The lowest BCUT2D eigenvalue weighted by molar-refractivity contribution is -0.140. The van der Waals surface area contributed by atoms with Gasteiger partial charge in [0.15, 0.2) is 5.78 Å². The highest BCUT2D eigenvalue weighted by atomic mass is 16.4. The van der Waals surface area contributed by atoms with Crippen molar-refractivity contribution >= 4 is 11.8 Å². The van der Waals surface area contributed by atoms with Crippen LogP contribution in [0.15, 0.2) is 23.0 Å². The molecular formula is C9H10O4. The van der Waals surface area contributed by atoms with Gasteiger partial charge in [-0.3, -0.25) is 9.59 Å². The third-order valence-corrected chi connectivity index (χ3v) is 1.83. The summed E-state index contributed by atoms with van der Waals surface area (Å²) in [5.41, 5.74) is 0.314. The molecule has 0 radical (unpaired) electrons. The van der Waals surface area contributed by atoms with Crippen LogP contribution < -0.4 is 0 Å². The lowest BCUT2D eigenvalue weighted by atomic mass is 9.97. The largest absolute Gasteiger partial charge is 0.481 e. The van der Waals surface area contributed by atoms with Crippen LogP contribution in [0.4, 0.5) is 0 Å². The van der Waals surface area contributed by atoms with Gasteiger partial charge in [-0.2, -0.15) is 0 Å². The van der Waals surface area contributed by atoms with Crippen LogP contribution in [-0.2, 0) is 4.79 Å². The first-order chi connectivity index (χ1) is 6.16. The molecule has 1 atom stereocenters. The number of Topliss-reactive ketones (excluding diaryl/α,β-unsaturated/α-hetero) is 1. The topological polar surface area (TPSA) is 67.5 Å². The van der Waals surface area contributed by atoms with Crippen molar-refractivity contribution in [3.8, 4) is 0 Å². The quantitative estimate of drug-likeness (QED) is 0.567. The molecule has 13 heavy (non-hydrogen) atoms. The summed E-state index contributed by atoms with van der Waals surface area (Å²) in [6, 6.07) is 1.47. The van der Waals surface area contributed by atoms with E-state index >= 15 is 0 Å². The summed E-state index contributed by atoms with van der Waals surface area (Å²) in [7, 11) is 0. The molecule has 1 N–H and O–H groups in total. The van der Waals surface area contributed by atoms with E-state index < -0.39 is 17.7 Å². The van der Waals surface area contributed by atoms with Crippen LogP contribution >= 0.6 is 0 Å². The second kappa shape index (κ2) is 3.89. The number of ketones is 1. The Morgan fingerprint density at radius 2 is 2.31 bits per heavy atom. The van der Waals surface area contributed by atoms with E-state index in [2.05, 4.69) is 0 Å². The molecule has 0 aliphatic rings. The van der Waals surface area contributed by atoms with Crippen molar-refractivity contribution in [2.45, 2.75) is 13.3 Å². The monoisotopic (exact) mass is 182 g/mol. The maximum Gasteiger partial charge on any atom is 0.314 e. The molecule has 1 aromatic heterocycles. The Balaban J connectivity index is 2.83. The molecule has 70 valence electrons. The fourth-order valence-electron chi connectivity index (χ4n) is 1.08. The lowest BCUT2D eigenvalue weighted by Crippen LogP contribution is -2.22. The molecular weight excluding hydrogens is 172 g/mol. The number of carbonyl (C=O) groups excluding carboxylic acids is 1. The average molecular weight is 182 g/mol. The van der Waals surface area contributed by atoms with Gasteiger partial charge in [-0.05, 0) is 12.5 Å². The van der Waals surface area contributed by atoms with Crippen molar-refractivity contribution in [2.75, 3.05) is 0 Å². The highest BCUT2D eigenvalue weighted by molar-refractivity contribution is 6.07. The Kier molecular flexibility index (Phi) is 2.84. The molecule has 1 aromatic rings. The number of carboxylic acid groups (broad SMARTS) is 1. The van der Waals surface area contributed by atoms with Crippen LogP contribution in [0.3, 0.4) is 0 Å². The van der Waals surface area contributed by atoms with Crippen LogP contribution in [0.2, 0.25) is 0 Å². The number of furan rings is 1. The molecule has 0 aromatic carbocycles. The van der Waals surface area contributed by atoms with Gasteiger partial charge >= 0.3 is 5.97 Å². The Labute approximate surface area is 75.2 Å². The molecule has 4 heteroatoms. The van der Waals surface area contributed by atoms with Crippen LogP contribution in [0.1, 0.15) is 23.7 Å². The Hall–Kier alpha value is -1.58. The van der Waals surface area contributed by atoms with E-state index in [1.54, 1.807) is 6.92 Å². The molecule has 0 spiro atoms. The van der Waals surface area contributed by atoms with E-state index in [4.69, 9.17) is 9.52 Å². The summed E-state index contributed by atoms with van der Waals surface area (Å²) in [5, 5.41) is 8.69. The van der Waals surface area contributed by atoms with Crippen LogP contribution in [0.5, 0.6) is 0 Å². The smallest absolute Gasteiger partial charge is 0.314 e. The van der Waals surface area contributed by atoms with Gasteiger partial charge in [0.05, 0.1) is 11.8 Å². The zero-order valence-electron chi connectivity index (χ0n) is 7.19. The Morgan fingerprint density at radius 3 is 2.69 bits per heavy atom. The number of hydrogen-bond acceptors (Lipinski definition) is 3. The van der Waals surface area contributed by atoms with Crippen molar-refractivity contribution in [1.29, 1.82) is 0 Å². The molecule has 0 saturated heterocycles. The number of aliphatic carboxylic acids is 1. The van der Waals surface area contributed by atoms with Gasteiger partial charge in [0.2, 0.25) is 0 Å². The average Bonchev–Trinajstić information content (AvgIpc) is 2.56. The molecule has 0 aliphatic heterocycles. The highest BCUT2D eigenvalue weighted by Crippen LogP contribution is 2.12. The van der Waals surface area contributed by atoms with E-state index in [0.717, 1.165) is 0 Å². The third-order valence-electron chi connectivity index (χ3n) is 1.83. The van der Waals surface area contributed by atoms with Crippen LogP contribution in [-0.4, -0.2) is 16.9 Å². The molecule has 4 nitrogen and oxygen atoms in total. The van der Waals surface area contributed by atoms with Crippen molar-refractivity contribution in [3.05, 3.63) is 24.2 Å². The van der Waals surface area contributed by atoms with Gasteiger partial charge < -0.3 is 9.52 Å². The van der Waals surface area contributed by atoms with Crippen LogP contribution in [0, 0.1) is 5.92 Å². The van der Waals surface area contributed by atoms with Gasteiger partial charge in [-0.1, -0.05) is 6.92 Å². The van der Waals surface area contributed by atoms with Gasteiger partial charge in [-0.25, -0.2) is 0 Å². The van der Waals surface area contributed by atoms with E-state index in [1.165, 1.54) is 18.6 Å². The molecule has 0 amide bonds. The number of carbonyl (C=O) groups is 2. The van der Waals surface area contributed by atoms with E-state index in [1.807, 2.05) is 0 Å². The Morgan fingerprint density at radius 1 is 1.62 bits per heavy atom. The van der Waals surface area contributed by atoms with Crippen molar-refractivity contribution < 1.29 is 19.1 Å². The number of hydrogen-bond donors (Lipinski definition) is 1. The van der Waals surface area contributed by atoms with E-state index in [9.17, 15) is 9.59 Å². The maximum atomic E-state index is 11.4. The van der Waals surface area contributed by atoms with Crippen molar-refractivity contribution in [3.63, 3.8) is 0 Å². The van der Waals surface area contributed by atoms with Gasteiger partial charge in [0.1, 0.15) is 12.2 Å². The number of rotatable bonds is 4. The first-order valence-electron chi connectivity index (χ1n) is 3.96. The fourth-order valence-corrected chi connectivity index (χ4v) is 1.08. The van der Waals surface area contributed by atoms with Crippen molar-refractivity contribution in [2.24, 2.45) is 5.92 Å². The SMILES string of the molecule is CCC(C(=O)O)C(=O)c1ccoc1. The molecule has 0 bridgehead atoms. The van der Waals surface area contributed by atoms with Gasteiger partial charge in [-0.15, -0.1) is 0 Å². The number of carboxylic acids is 1. The molecule has 1 unspecified atom stereocenters. The summed E-state index contributed by atoms with van der Waals surface area (Å²) in [5.74, 6) is -2.45. The predicted octanol–water partition coefficient (Wildman–Crippen LogP) is 1.57. The molecule has 1 heterocycles. The summed E-state index contributed by atoms with van der Waals surface area (Å²) < 4.78 is 4.70. The summed E-state index contributed by atoms with van der Waals surface area (Å²) in [4.78, 5) is 22.1. The first-order valence-corrected chi connectivity index (χ1v) is 3.96. The summed E-state index contributed by atoms with van der Waals surface area (Å²) in [6.07, 6.45) is 2.90. The van der Waals surface area contributed by atoms with Crippen LogP contribution in [0.25, 0.3) is 0 Å². The zero-order chi connectivity index (χ0) is 9.84. The Bertz CT molecular complexity index is 299. The molecule has 0 saturated carbocycles. The second-order valence-electron chi connectivity index (χ2n) is 2.68. The maximum absolute atomic E-state index is 11.4. The second-order valence-corrected chi connectivity index (χ2v) is 2.68. The molecule has 1 rings (SSSR count). The fraction of sp³-hybridized carbons (Fsp3) is 0.333. The lowest BCUT2D eigenvalue weighted by Gasteiger charge is -2.05. The third kappa shape index (κ3) is 1.96. The normalized spacial score (nSPS) is 12.4. The predicted molar refractivity (Wildman–Crippen MR) is 44.5 cm³/mol.